The lowest BCUT2D eigenvalue weighted by Crippen LogP contribution is -2.35. The number of hydrogen-bond acceptors (Lipinski definition) is 4. The van der Waals surface area contributed by atoms with Gasteiger partial charge < -0.3 is 21.2 Å². The van der Waals surface area contributed by atoms with Gasteiger partial charge in [-0.25, -0.2) is 5.90 Å². The Bertz CT molecular complexity index is 1240. The highest BCUT2D eigenvalue weighted by atomic mass is 35.5. The summed E-state index contributed by atoms with van der Waals surface area (Å²) in [7, 11) is 0. The molecule has 4 aromatic rings. The van der Waals surface area contributed by atoms with Crippen molar-refractivity contribution in [3.05, 3.63) is 95.7 Å². The van der Waals surface area contributed by atoms with Crippen LogP contribution < -0.4 is 16.9 Å². The Balaban J connectivity index is 0.00000149. The summed E-state index contributed by atoms with van der Waals surface area (Å²) < 4.78 is 39.3. The van der Waals surface area contributed by atoms with Crippen LogP contribution in [0.25, 0.3) is 27.7 Å². The summed E-state index contributed by atoms with van der Waals surface area (Å²) in [5, 5.41) is 11.0. The van der Waals surface area contributed by atoms with Crippen molar-refractivity contribution >= 4 is 33.9 Å². The number of para-hydroxylation sites is 1. The molecular weight excluding hydrogens is 453 g/mol. The Hall–Kier alpha value is -3.30. The molecule has 0 radical (unpaired) electrons. The third-order valence-electron chi connectivity index (χ3n) is 4.95. The molecule has 1 heterocycles. The normalized spacial score (nSPS) is 12.8. The fraction of sp³-hybridized carbons (Fsp3) is 0.0833. The molecule has 0 aliphatic rings. The molecule has 0 fully saturated rings. The predicted molar refractivity (Wildman–Crippen MR) is 127 cm³/mol. The largest absolute Gasteiger partial charge is 0.407 e. The lowest BCUT2D eigenvalue weighted by Gasteiger charge is -2.17. The van der Waals surface area contributed by atoms with Crippen LogP contribution in [0.2, 0.25) is 5.02 Å². The maximum atomic E-state index is 13.1. The summed E-state index contributed by atoms with van der Waals surface area (Å²) >= 11 is 6.18. The fourth-order valence-electron chi connectivity index (χ4n) is 3.27. The van der Waals surface area contributed by atoms with E-state index >= 15 is 0 Å². The van der Waals surface area contributed by atoms with Gasteiger partial charge in [-0.05, 0) is 58.5 Å². The van der Waals surface area contributed by atoms with Gasteiger partial charge in [0.2, 0.25) is 0 Å². The molecule has 0 saturated carbocycles. The highest BCUT2D eigenvalue weighted by Gasteiger charge is 2.35. The van der Waals surface area contributed by atoms with Gasteiger partial charge in [-0.3, -0.25) is 0 Å². The van der Waals surface area contributed by atoms with Gasteiger partial charge in [-0.1, -0.05) is 54.1 Å². The lowest BCUT2D eigenvalue weighted by atomic mass is 10.0. The van der Waals surface area contributed by atoms with Crippen molar-refractivity contribution in [2.24, 2.45) is 11.6 Å². The summed E-state index contributed by atoms with van der Waals surface area (Å²) in [5.74, 6) is 3.50. The zero-order valence-corrected chi connectivity index (χ0v) is 18.0. The summed E-state index contributed by atoms with van der Waals surface area (Å²) in [6.45, 7) is 0. The van der Waals surface area contributed by atoms with E-state index in [0.717, 1.165) is 28.1 Å². The van der Waals surface area contributed by atoms with E-state index in [1.165, 1.54) is 0 Å². The second kappa shape index (κ2) is 10.5. The second-order valence-electron chi connectivity index (χ2n) is 7.11. The number of halogens is 4. The van der Waals surface area contributed by atoms with E-state index in [1.54, 1.807) is 36.4 Å². The average Bonchev–Trinajstić information content (AvgIpc) is 3.29. The quantitative estimate of drug-likeness (QED) is 0.223. The fourth-order valence-corrected chi connectivity index (χ4v) is 3.45. The SMILES string of the molecule is NC(/C=C(\Nc1ccccc1Cl)c1ccc(-c2ccc3[nH]ccc3c2)cc1)C(F)(F)F.NO. The molecule has 1 unspecified atom stereocenters. The van der Waals surface area contributed by atoms with Crippen LogP contribution in [0.4, 0.5) is 18.9 Å². The minimum atomic E-state index is -4.56. The number of nitrogens with one attached hydrogen (secondary N) is 2. The van der Waals surface area contributed by atoms with Crippen LogP contribution in [-0.4, -0.2) is 22.4 Å². The molecule has 9 heteroatoms. The molecule has 4 rings (SSSR count). The van der Waals surface area contributed by atoms with Crippen LogP contribution in [0.3, 0.4) is 0 Å². The molecule has 0 saturated heterocycles. The molecule has 0 aliphatic carbocycles. The van der Waals surface area contributed by atoms with Gasteiger partial charge >= 0.3 is 6.18 Å². The monoisotopic (exact) mass is 474 g/mol. The maximum absolute atomic E-state index is 13.1. The molecule has 7 N–H and O–H groups in total. The Morgan fingerprint density at radius 2 is 1.64 bits per heavy atom. The van der Waals surface area contributed by atoms with Crippen molar-refractivity contribution in [1.29, 1.82) is 0 Å². The van der Waals surface area contributed by atoms with E-state index in [9.17, 15) is 13.2 Å². The number of aromatic amines is 1. The van der Waals surface area contributed by atoms with Crippen LogP contribution in [-0.2, 0) is 0 Å². The number of fused-ring (bicyclic) bond motifs is 1. The first-order valence-corrected chi connectivity index (χ1v) is 10.2. The Kier molecular flexibility index (Phi) is 7.78. The minimum absolute atomic E-state index is 0.227. The second-order valence-corrected chi connectivity index (χ2v) is 7.52. The molecule has 1 aromatic heterocycles. The maximum Gasteiger partial charge on any atom is 0.407 e. The van der Waals surface area contributed by atoms with Gasteiger partial charge in [0.05, 0.1) is 10.7 Å². The van der Waals surface area contributed by atoms with Crippen molar-refractivity contribution in [2.75, 3.05) is 5.32 Å². The Morgan fingerprint density at radius 1 is 0.970 bits per heavy atom. The van der Waals surface area contributed by atoms with Crippen LogP contribution >= 0.6 is 11.6 Å². The summed E-state index contributed by atoms with van der Waals surface area (Å²) in [6, 6.07) is 20.0. The van der Waals surface area contributed by atoms with Crippen LogP contribution in [0, 0.1) is 0 Å². The Morgan fingerprint density at radius 3 is 2.30 bits per heavy atom. The molecule has 0 aliphatic heterocycles. The molecule has 1 atom stereocenters. The molecular formula is C24H22ClF3N4O. The first-order valence-electron chi connectivity index (χ1n) is 9.81. The minimum Gasteiger partial charge on any atom is -0.361 e. The topological polar surface area (TPSA) is 100 Å². The number of nitrogens with two attached hydrogens (primary N) is 2. The van der Waals surface area contributed by atoms with E-state index in [4.69, 9.17) is 22.5 Å². The van der Waals surface area contributed by atoms with Crippen molar-refractivity contribution < 1.29 is 18.4 Å². The van der Waals surface area contributed by atoms with E-state index in [0.29, 0.717) is 16.3 Å². The van der Waals surface area contributed by atoms with Crippen molar-refractivity contribution in [2.45, 2.75) is 12.2 Å². The lowest BCUT2D eigenvalue weighted by molar-refractivity contribution is -0.136. The van der Waals surface area contributed by atoms with Crippen LogP contribution in [0.15, 0.2) is 85.1 Å². The molecule has 5 nitrogen and oxygen atoms in total. The van der Waals surface area contributed by atoms with Gasteiger partial charge in [0.15, 0.2) is 0 Å². The molecule has 3 aromatic carbocycles. The number of alkyl halides is 3. The third kappa shape index (κ3) is 5.94. The van der Waals surface area contributed by atoms with E-state index < -0.39 is 12.2 Å². The van der Waals surface area contributed by atoms with Gasteiger partial charge in [0.1, 0.15) is 6.04 Å². The number of benzene rings is 3. The first kappa shape index (κ1) is 24.3. The van der Waals surface area contributed by atoms with E-state index in [1.807, 2.05) is 36.5 Å². The zero-order valence-electron chi connectivity index (χ0n) is 17.3. The number of anilines is 1. The Labute approximate surface area is 193 Å². The molecule has 0 spiro atoms. The van der Waals surface area contributed by atoms with Gasteiger partial charge in [0, 0.05) is 17.4 Å². The smallest absolute Gasteiger partial charge is 0.361 e. The summed E-state index contributed by atoms with van der Waals surface area (Å²) in [6.07, 6.45) is -1.72. The third-order valence-corrected chi connectivity index (χ3v) is 5.28. The number of H-pyrrole nitrogens is 1. The van der Waals surface area contributed by atoms with Gasteiger partial charge in [-0.2, -0.15) is 13.2 Å². The van der Waals surface area contributed by atoms with Crippen LogP contribution in [0.5, 0.6) is 0 Å². The van der Waals surface area contributed by atoms with E-state index in [-0.39, 0.29) is 5.70 Å². The predicted octanol–water partition coefficient (Wildman–Crippen LogP) is 6.17. The number of rotatable bonds is 5. The molecule has 0 amide bonds. The number of aromatic nitrogens is 1. The summed E-state index contributed by atoms with van der Waals surface area (Å²) in [4.78, 5) is 3.15. The number of hydrogen-bond donors (Lipinski definition) is 5. The first-order chi connectivity index (χ1) is 15.8. The van der Waals surface area contributed by atoms with Gasteiger partial charge in [-0.15, -0.1) is 0 Å². The van der Waals surface area contributed by atoms with Crippen molar-refractivity contribution in [3.8, 4) is 11.1 Å². The van der Waals surface area contributed by atoms with Crippen molar-refractivity contribution in [1.82, 2.24) is 4.98 Å². The van der Waals surface area contributed by atoms with Crippen LogP contribution in [0.1, 0.15) is 5.56 Å². The standard InChI is InChI=1S/C24H19ClF3N3.H3NO/c25-19-3-1-2-4-21(19)31-22(14-23(29)24(26,27)28)16-7-5-15(6-8-16)17-9-10-20-18(13-17)11-12-30-20;1-2/h1-14,23,30-31H,29H2;2H,1H2/b22-14-;. The highest BCUT2D eigenvalue weighted by Crippen LogP contribution is 2.30. The zero-order chi connectivity index (χ0) is 24.0. The molecule has 0 bridgehead atoms. The molecule has 33 heavy (non-hydrogen) atoms. The van der Waals surface area contributed by atoms with E-state index in [2.05, 4.69) is 22.3 Å². The average molecular weight is 475 g/mol. The molecule has 172 valence electrons. The van der Waals surface area contributed by atoms with Gasteiger partial charge in [0.25, 0.3) is 0 Å². The van der Waals surface area contributed by atoms with Crippen molar-refractivity contribution in [3.63, 3.8) is 0 Å². The summed E-state index contributed by atoms with van der Waals surface area (Å²) in [5.41, 5.74) is 9.64. The highest BCUT2D eigenvalue weighted by molar-refractivity contribution is 6.33.